The van der Waals surface area contributed by atoms with E-state index in [1.54, 1.807) is 0 Å². The quantitative estimate of drug-likeness (QED) is 0.172. The summed E-state index contributed by atoms with van der Waals surface area (Å²) < 4.78 is 6.12. The number of fused-ring (bicyclic) bond motifs is 5. The molecule has 0 amide bonds. The fraction of sp³-hybridized carbons (Fsp3) is 0. The molecule has 0 bridgehead atoms. The van der Waals surface area contributed by atoms with Crippen LogP contribution in [0.25, 0.3) is 100 Å². The van der Waals surface area contributed by atoms with Gasteiger partial charge in [-0.2, -0.15) is 0 Å². The largest absolute Gasteiger partial charge is 0.456 e. The van der Waals surface area contributed by atoms with Gasteiger partial charge in [-0.25, -0.2) is 24.9 Å². The molecule has 6 heteroatoms. The minimum absolute atomic E-state index is 0.616. The molecule has 7 aromatic carbocycles. The van der Waals surface area contributed by atoms with Crippen LogP contribution in [0.1, 0.15) is 0 Å². The lowest BCUT2D eigenvalue weighted by Crippen LogP contribution is -2.00. The van der Waals surface area contributed by atoms with Gasteiger partial charge in [0.15, 0.2) is 17.5 Å². The normalized spacial score (nSPS) is 11.5. The second-order valence-corrected chi connectivity index (χ2v) is 12.6. The van der Waals surface area contributed by atoms with E-state index in [1.165, 1.54) is 5.56 Å². The van der Waals surface area contributed by atoms with Crippen LogP contribution in [0.2, 0.25) is 0 Å². The van der Waals surface area contributed by atoms with E-state index in [1.807, 2.05) is 78.9 Å². The van der Waals surface area contributed by atoms with Gasteiger partial charge in [-0.15, -0.1) is 0 Å². The molecule has 238 valence electrons. The zero-order valence-electron chi connectivity index (χ0n) is 27.2. The molecule has 0 saturated carbocycles. The number of furan rings is 1. The Morgan fingerprint density at radius 3 is 1.39 bits per heavy atom. The Bertz CT molecular complexity index is 2890. The van der Waals surface area contributed by atoms with E-state index in [4.69, 9.17) is 29.3 Å². The number of nitrogens with zero attached hydrogens (tertiary/aromatic N) is 5. The Hall–Kier alpha value is -7.05. The van der Waals surface area contributed by atoms with E-state index in [-0.39, 0.29) is 0 Å². The van der Waals surface area contributed by atoms with Crippen LogP contribution in [0.4, 0.5) is 0 Å². The minimum Gasteiger partial charge on any atom is -0.456 e. The standard InChI is InChI=1S/C45H27N5O/c1-3-9-28(10-4-1)29-15-19-32(20-16-29)44-48-43(31-11-5-2-6-12-31)49-45(50-44)33-21-17-30(18-22-33)34-23-24-37-38(25-34)47-40-27-42-36(26-39(40)46-37)35-13-7-8-14-41(35)51-42/h1-27H. The van der Waals surface area contributed by atoms with Crippen molar-refractivity contribution in [3.8, 4) is 56.4 Å². The van der Waals surface area contributed by atoms with Crippen LogP contribution in [-0.4, -0.2) is 24.9 Å². The maximum atomic E-state index is 6.12. The van der Waals surface area contributed by atoms with Gasteiger partial charge in [0.25, 0.3) is 0 Å². The van der Waals surface area contributed by atoms with E-state index in [0.717, 1.165) is 77.4 Å². The molecular weight excluding hydrogens is 627 g/mol. The summed E-state index contributed by atoms with van der Waals surface area (Å²) in [6.07, 6.45) is 0. The maximum absolute atomic E-state index is 6.12. The first-order valence-electron chi connectivity index (χ1n) is 16.8. The number of hydrogen-bond acceptors (Lipinski definition) is 6. The lowest BCUT2D eigenvalue weighted by molar-refractivity contribution is 0.669. The molecule has 0 aliphatic heterocycles. The van der Waals surface area contributed by atoms with Crippen LogP contribution in [0.15, 0.2) is 168 Å². The molecule has 10 rings (SSSR count). The van der Waals surface area contributed by atoms with Gasteiger partial charge >= 0.3 is 0 Å². The fourth-order valence-electron chi connectivity index (χ4n) is 6.68. The molecular formula is C45H27N5O. The van der Waals surface area contributed by atoms with Crippen molar-refractivity contribution in [1.82, 2.24) is 24.9 Å². The van der Waals surface area contributed by atoms with Gasteiger partial charge in [-0.3, -0.25) is 0 Å². The van der Waals surface area contributed by atoms with Gasteiger partial charge in [0.1, 0.15) is 11.2 Å². The molecule has 0 fully saturated rings. The van der Waals surface area contributed by atoms with Crippen LogP contribution < -0.4 is 0 Å². The Kier molecular flexibility index (Phi) is 6.70. The summed E-state index contributed by atoms with van der Waals surface area (Å²) in [6, 6.07) is 55.5. The summed E-state index contributed by atoms with van der Waals surface area (Å²) >= 11 is 0. The Morgan fingerprint density at radius 2 is 0.725 bits per heavy atom. The summed E-state index contributed by atoms with van der Waals surface area (Å²) in [4.78, 5) is 24.8. The van der Waals surface area contributed by atoms with Gasteiger partial charge in [0, 0.05) is 33.5 Å². The van der Waals surface area contributed by atoms with Crippen molar-refractivity contribution in [3.63, 3.8) is 0 Å². The molecule has 0 atom stereocenters. The zero-order valence-corrected chi connectivity index (χ0v) is 27.2. The first kappa shape index (κ1) is 28.9. The van der Waals surface area contributed by atoms with E-state index in [2.05, 4.69) is 84.9 Å². The van der Waals surface area contributed by atoms with Crippen LogP contribution in [0, 0.1) is 0 Å². The monoisotopic (exact) mass is 653 g/mol. The first-order chi connectivity index (χ1) is 25.2. The second kappa shape index (κ2) is 11.8. The van der Waals surface area contributed by atoms with Crippen LogP contribution in [-0.2, 0) is 0 Å². The molecule has 0 aliphatic carbocycles. The molecule has 0 spiro atoms. The number of benzene rings is 7. The minimum atomic E-state index is 0.616. The topological polar surface area (TPSA) is 77.6 Å². The molecule has 0 saturated heterocycles. The Balaban J connectivity index is 1.00. The van der Waals surface area contributed by atoms with E-state index in [0.29, 0.717) is 17.5 Å². The average Bonchev–Trinajstić information content (AvgIpc) is 3.57. The van der Waals surface area contributed by atoms with Gasteiger partial charge < -0.3 is 4.42 Å². The molecule has 0 radical (unpaired) electrons. The van der Waals surface area contributed by atoms with Gasteiger partial charge in [-0.1, -0.05) is 133 Å². The predicted molar refractivity (Wildman–Crippen MR) is 205 cm³/mol. The summed E-state index contributed by atoms with van der Waals surface area (Å²) in [5.41, 5.74) is 12.2. The Morgan fingerprint density at radius 1 is 0.275 bits per heavy atom. The average molecular weight is 654 g/mol. The summed E-state index contributed by atoms with van der Waals surface area (Å²) in [5.74, 6) is 1.88. The SMILES string of the molecule is c1ccc(-c2ccc(-c3nc(-c4ccccc4)nc(-c4ccc(-c5ccc6nc7cc8c(cc7nc6c5)oc5ccccc58)cc4)n3)cc2)cc1. The van der Waals surface area contributed by atoms with E-state index >= 15 is 0 Å². The molecule has 0 aliphatic rings. The fourth-order valence-corrected chi connectivity index (χ4v) is 6.68. The lowest BCUT2D eigenvalue weighted by atomic mass is 10.0. The number of para-hydroxylation sites is 1. The first-order valence-corrected chi connectivity index (χ1v) is 16.8. The van der Waals surface area contributed by atoms with Gasteiger partial charge in [-0.05, 0) is 46.5 Å². The van der Waals surface area contributed by atoms with Crippen molar-refractivity contribution < 1.29 is 4.42 Å². The van der Waals surface area contributed by atoms with Crippen molar-refractivity contribution in [3.05, 3.63) is 164 Å². The van der Waals surface area contributed by atoms with Gasteiger partial charge in [0.05, 0.1) is 22.1 Å². The van der Waals surface area contributed by atoms with Crippen molar-refractivity contribution in [1.29, 1.82) is 0 Å². The van der Waals surface area contributed by atoms with Crippen molar-refractivity contribution in [2.45, 2.75) is 0 Å². The molecule has 6 nitrogen and oxygen atoms in total. The van der Waals surface area contributed by atoms with Crippen LogP contribution in [0.5, 0.6) is 0 Å². The molecule has 10 aromatic rings. The van der Waals surface area contributed by atoms with Crippen LogP contribution in [0.3, 0.4) is 0 Å². The summed E-state index contributed by atoms with van der Waals surface area (Å²) in [5, 5.41) is 2.13. The third kappa shape index (κ3) is 5.27. The second-order valence-electron chi connectivity index (χ2n) is 12.6. The highest BCUT2D eigenvalue weighted by Crippen LogP contribution is 2.33. The summed E-state index contributed by atoms with van der Waals surface area (Å²) in [7, 11) is 0. The number of hydrogen-bond donors (Lipinski definition) is 0. The molecule has 3 aromatic heterocycles. The molecule has 3 heterocycles. The smallest absolute Gasteiger partial charge is 0.164 e. The third-order valence-electron chi connectivity index (χ3n) is 9.33. The molecule has 0 N–H and O–H groups in total. The van der Waals surface area contributed by atoms with Crippen molar-refractivity contribution in [2.24, 2.45) is 0 Å². The van der Waals surface area contributed by atoms with Crippen LogP contribution >= 0.6 is 0 Å². The zero-order chi connectivity index (χ0) is 33.7. The highest BCUT2D eigenvalue weighted by molar-refractivity contribution is 6.09. The maximum Gasteiger partial charge on any atom is 0.164 e. The van der Waals surface area contributed by atoms with Crippen molar-refractivity contribution in [2.75, 3.05) is 0 Å². The number of aromatic nitrogens is 5. The van der Waals surface area contributed by atoms with Crippen molar-refractivity contribution >= 4 is 44.0 Å². The highest BCUT2D eigenvalue weighted by Gasteiger charge is 2.14. The number of rotatable bonds is 5. The lowest BCUT2D eigenvalue weighted by Gasteiger charge is -2.10. The van der Waals surface area contributed by atoms with E-state index < -0.39 is 0 Å². The van der Waals surface area contributed by atoms with Gasteiger partial charge in [0.2, 0.25) is 0 Å². The molecule has 0 unspecified atom stereocenters. The summed E-state index contributed by atoms with van der Waals surface area (Å²) in [6.45, 7) is 0. The predicted octanol–water partition coefficient (Wildman–Crippen LogP) is 11.2. The molecule has 51 heavy (non-hydrogen) atoms. The third-order valence-corrected chi connectivity index (χ3v) is 9.33. The Labute approximate surface area is 292 Å². The highest BCUT2D eigenvalue weighted by atomic mass is 16.3. The van der Waals surface area contributed by atoms with E-state index in [9.17, 15) is 0 Å².